The first-order valence-electron chi connectivity index (χ1n) is 7.27. The second kappa shape index (κ2) is 6.45. The van der Waals surface area contributed by atoms with Gasteiger partial charge in [0.2, 0.25) is 11.8 Å². The Morgan fingerprint density at radius 2 is 1.65 bits per heavy atom. The zero-order chi connectivity index (χ0) is 18.9. The molecule has 0 radical (unpaired) electrons. The number of hydrogen-bond donors (Lipinski definition) is 1. The summed E-state index contributed by atoms with van der Waals surface area (Å²) in [5.41, 5.74) is -0.979. The van der Waals surface area contributed by atoms with Crippen molar-refractivity contribution < 1.29 is 26.0 Å². The number of alkyl halides is 3. The van der Waals surface area contributed by atoms with Crippen LogP contribution in [0.3, 0.4) is 0 Å². The van der Waals surface area contributed by atoms with Crippen molar-refractivity contribution in [1.82, 2.24) is 10.2 Å². The number of benzene rings is 2. The molecule has 1 aromatic heterocycles. The summed E-state index contributed by atoms with van der Waals surface area (Å²) >= 11 is 0. The minimum Gasteiger partial charge on any atom is -0.421 e. The maximum atomic E-state index is 13.1. The Morgan fingerprint density at radius 3 is 2.31 bits per heavy atom. The van der Waals surface area contributed by atoms with Gasteiger partial charge < -0.3 is 4.42 Å². The Labute approximate surface area is 146 Å². The Hall–Kier alpha value is -2.88. The number of nitrogens with zero attached hydrogens (tertiary/aromatic N) is 2. The number of anilines is 1. The van der Waals surface area contributed by atoms with Crippen LogP contribution in [0.5, 0.6) is 0 Å². The molecule has 1 N–H and O–H groups in total. The highest BCUT2D eigenvalue weighted by Crippen LogP contribution is 2.35. The molecule has 0 saturated heterocycles. The highest BCUT2D eigenvalue weighted by Gasteiger charge is 2.37. The monoisotopic (exact) mass is 383 g/mol. The largest absolute Gasteiger partial charge is 0.421 e. The summed E-state index contributed by atoms with van der Waals surface area (Å²) < 4.78 is 72.0. The molecule has 0 atom stereocenters. The minimum absolute atomic E-state index is 0.0214. The fraction of sp³-hybridized carbons (Fsp3) is 0.125. The molecule has 26 heavy (non-hydrogen) atoms. The van der Waals surface area contributed by atoms with Gasteiger partial charge in [0.05, 0.1) is 21.7 Å². The van der Waals surface area contributed by atoms with Crippen LogP contribution in [0.2, 0.25) is 0 Å². The fourth-order valence-electron chi connectivity index (χ4n) is 2.30. The van der Waals surface area contributed by atoms with Crippen molar-refractivity contribution in [3.8, 4) is 11.5 Å². The van der Waals surface area contributed by atoms with Crippen LogP contribution in [0.1, 0.15) is 11.5 Å². The number of halogens is 3. The third-order valence-electron chi connectivity index (χ3n) is 3.41. The van der Waals surface area contributed by atoms with E-state index in [0.717, 1.165) is 12.1 Å². The number of rotatable bonds is 4. The molecule has 0 aliphatic heterocycles. The van der Waals surface area contributed by atoms with Crippen LogP contribution in [0.15, 0.2) is 57.8 Å². The number of aromatic nitrogens is 2. The van der Waals surface area contributed by atoms with Crippen molar-refractivity contribution in [1.29, 1.82) is 0 Å². The van der Waals surface area contributed by atoms with Gasteiger partial charge in [0.15, 0.2) is 0 Å². The Balaban J connectivity index is 2.06. The Bertz CT molecular complexity index is 1050. The van der Waals surface area contributed by atoms with Crippen molar-refractivity contribution >= 4 is 15.7 Å². The predicted octanol–water partition coefficient (Wildman–Crippen LogP) is 3.86. The molecule has 3 aromatic rings. The number of nitrogens with one attached hydrogen (secondary N) is 1. The van der Waals surface area contributed by atoms with Crippen LogP contribution in [-0.2, 0) is 16.2 Å². The second-order valence-corrected chi connectivity index (χ2v) is 6.92. The van der Waals surface area contributed by atoms with Gasteiger partial charge in [0.25, 0.3) is 10.0 Å². The molecular formula is C16H12F3N3O3S. The zero-order valence-electron chi connectivity index (χ0n) is 13.3. The van der Waals surface area contributed by atoms with E-state index in [9.17, 15) is 21.6 Å². The van der Waals surface area contributed by atoms with Crippen molar-refractivity contribution in [2.24, 2.45) is 0 Å². The zero-order valence-corrected chi connectivity index (χ0v) is 14.1. The van der Waals surface area contributed by atoms with Crippen LogP contribution in [0.25, 0.3) is 11.5 Å². The van der Waals surface area contributed by atoms with Gasteiger partial charge in [-0.15, -0.1) is 10.2 Å². The molecule has 0 bridgehead atoms. The molecule has 0 aliphatic rings. The lowest BCUT2D eigenvalue weighted by atomic mass is 10.2. The molecule has 3 rings (SSSR count). The first-order valence-corrected chi connectivity index (χ1v) is 8.75. The smallest absolute Gasteiger partial charge is 0.417 e. The lowest BCUT2D eigenvalue weighted by molar-refractivity contribution is -0.139. The van der Waals surface area contributed by atoms with Gasteiger partial charge in [-0.25, -0.2) is 8.42 Å². The van der Waals surface area contributed by atoms with Crippen LogP contribution in [0, 0.1) is 6.92 Å². The SMILES string of the molecule is Cc1nnc(-c2ccccc2NS(=O)(=O)c2ccccc2C(F)(F)F)o1. The van der Waals surface area contributed by atoms with Crippen LogP contribution in [0.4, 0.5) is 18.9 Å². The van der Waals surface area contributed by atoms with Crippen LogP contribution >= 0.6 is 0 Å². The summed E-state index contributed by atoms with van der Waals surface area (Å²) in [7, 11) is -4.51. The van der Waals surface area contributed by atoms with Crippen LogP contribution in [-0.4, -0.2) is 18.6 Å². The molecule has 0 saturated carbocycles. The summed E-state index contributed by atoms with van der Waals surface area (Å²) in [6, 6.07) is 9.99. The van der Waals surface area contributed by atoms with Crippen molar-refractivity contribution in [2.75, 3.05) is 4.72 Å². The molecule has 10 heteroatoms. The highest BCUT2D eigenvalue weighted by molar-refractivity contribution is 7.92. The van der Waals surface area contributed by atoms with Gasteiger partial charge in [0.1, 0.15) is 0 Å². The standard InChI is InChI=1S/C16H12F3N3O3S/c1-10-20-21-15(25-10)11-6-2-4-8-13(11)22-26(23,24)14-9-5-3-7-12(14)16(17,18)19/h2-9,22H,1H3. The van der Waals surface area contributed by atoms with E-state index in [1.165, 1.54) is 24.3 Å². The summed E-state index contributed by atoms with van der Waals surface area (Å²) in [5.74, 6) is 0.310. The number of hydrogen-bond acceptors (Lipinski definition) is 5. The molecule has 6 nitrogen and oxygen atoms in total. The number of sulfonamides is 1. The van der Waals surface area contributed by atoms with E-state index in [4.69, 9.17) is 4.42 Å². The van der Waals surface area contributed by atoms with Gasteiger partial charge >= 0.3 is 6.18 Å². The van der Waals surface area contributed by atoms with E-state index in [-0.39, 0.29) is 23.0 Å². The van der Waals surface area contributed by atoms with E-state index in [0.29, 0.717) is 6.07 Å². The average Bonchev–Trinajstić information content (AvgIpc) is 3.00. The molecular weight excluding hydrogens is 371 g/mol. The molecule has 0 fully saturated rings. The first-order chi connectivity index (χ1) is 12.2. The minimum atomic E-state index is -4.81. The third-order valence-corrected chi connectivity index (χ3v) is 4.83. The Morgan fingerprint density at radius 1 is 1.00 bits per heavy atom. The number of aryl methyl sites for hydroxylation is 1. The summed E-state index contributed by atoms with van der Waals surface area (Å²) in [6.07, 6.45) is -4.81. The van der Waals surface area contributed by atoms with Gasteiger partial charge in [-0.1, -0.05) is 24.3 Å². The lowest BCUT2D eigenvalue weighted by Crippen LogP contribution is -2.19. The van der Waals surface area contributed by atoms with Gasteiger partial charge in [-0.3, -0.25) is 4.72 Å². The molecule has 0 amide bonds. The van der Waals surface area contributed by atoms with E-state index in [1.807, 2.05) is 0 Å². The van der Waals surface area contributed by atoms with Crippen molar-refractivity contribution in [3.05, 3.63) is 60.0 Å². The third kappa shape index (κ3) is 3.54. The van der Waals surface area contributed by atoms with Gasteiger partial charge in [-0.05, 0) is 24.3 Å². The lowest BCUT2D eigenvalue weighted by Gasteiger charge is -2.15. The van der Waals surface area contributed by atoms with Gasteiger partial charge in [-0.2, -0.15) is 13.2 Å². The molecule has 0 spiro atoms. The van der Waals surface area contributed by atoms with E-state index >= 15 is 0 Å². The van der Waals surface area contributed by atoms with Crippen molar-refractivity contribution in [2.45, 2.75) is 18.0 Å². The maximum Gasteiger partial charge on any atom is 0.417 e. The van der Waals surface area contributed by atoms with E-state index in [1.54, 1.807) is 13.0 Å². The average molecular weight is 383 g/mol. The summed E-state index contributed by atoms with van der Waals surface area (Å²) in [5, 5.41) is 7.47. The summed E-state index contributed by atoms with van der Waals surface area (Å²) in [4.78, 5) is -0.871. The van der Waals surface area contributed by atoms with E-state index in [2.05, 4.69) is 14.9 Å². The normalized spacial score (nSPS) is 12.2. The fourth-order valence-corrected chi connectivity index (χ4v) is 3.61. The Kier molecular flexibility index (Phi) is 4.45. The predicted molar refractivity (Wildman–Crippen MR) is 86.7 cm³/mol. The summed E-state index contributed by atoms with van der Waals surface area (Å²) in [6.45, 7) is 1.56. The quantitative estimate of drug-likeness (QED) is 0.739. The highest BCUT2D eigenvalue weighted by atomic mass is 32.2. The molecule has 2 aromatic carbocycles. The molecule has 0 aliphatic carbocycles. The first kappa shape index (κ1) is 17.9. The van der Waals surface area contributed by atoms with Crippen LogP contribution < -0.4 is 4.72 Å². The maximum absolute atomic E-state index is 13.1. The topological polar surface area (TPSA) is 85.1 Å². The molecule has 136 valence electrons. The van der Waals surface area contributed by atoms with E-state index < -0.39 is 26.7 Å². The van der Waals surface area contributed by atoms with Crippen molar-refractivity contribution in [3.63, 3.8) is 0 Å². The molecule has 1 heterocycles. The van der Waals surface area contributed by atoms with Gasteiger partial charge in [0, 0.05) is 6.92 Å². The molecule has 0 unspecified atom stereocenters. The number of para-hydroxylation sites is 1. The second-order valence-electron chi connectivity index (χ2n) is 5.27.